The van der Waals surface area contributed by atoms with Crippen LogP contribution in [0.5, 0.6) is 0 Å². The number of nitrogens with zero attached hydrogens (tertiary/aromatic N) is 3. The number of aromatic nitrogens is 3. The fourth-order valence-corrected chi connectivity index (χ4v) is 3.46. The summed E-state index contributed by atoms with van der Waals surface area (Å²) in [5.74, 6) is 0.580. The molecule has 1 atom stereocenters. The molecule has 27 heavy (non-hydrogen) atoms. The predicted octanol–water partition coefficient (Wildman–Crippen LogP) is 3.78. The predicted molar refractivity (Wildman–Crippen MR) is 104 cm³/mol. The van der Waals surface area contributed by atoms with Gasteiger partial charge in [0.25, 0.3) is 0 Å². The maximum absolute atomic E-state index is 12.2. The Morgan fingerprint density at radius 1 is 1.11 bits per heavy atom. The van der Waals surface area contributed by atoms with E-state index in [0.29, 0.717) is 18.0 Å². The summed E-state index contributed by atoms with van der Waals surface area (Å²) in [6.07, 6.45) is 10.9. The lowest BCUT2D eigenvalue weighted by Gasteiger charge is -2.21. The molecule has 1 aromatic heterocycles. The van der Waals surface area contributed by atoms with Crippen molar-refractivity contribution in [1.29, 1.82) is 0 Å². The van der Waals surface area contributed by atoms with E-state index in [1.807, 2.05) is 0 Å². The second kappa shape index (κ2) is 9.30. The van der Waals surface area contributed by atoms with E-state index in [1.54, 1.807) is 31.2 Å². The summed E-state index contributed by atoms with van der Waals surface area (Å²) in [5.41, 5.74) is 1.41. The van der Waals surface area contributed by atoms with E-state index in [4.69, 9.17) is 0 Å². The highest BCUT2D eigenvalue weighted by molar-refractivity contribution is 5.94. The summed E-state index contributed by atoms with van der Waals surface area (Å²) >= 11 is 0. The molecule has 1 aliphatic rings. The van der Waals surface area contributed by atoms with Crippen LogP contribution in [0.3, 0.4) is 0 Å². The highest BCUT2D eigenvalue weighted by atomic mass is 16.2. The van der Waals surface area contributed by atoms with Gasteiger partial charge in [-0.15, -0.1) is 0 Å². The summed E-state index contributed by atoms with van der Waals surface area (Å²) in [7, 11) is 0. The van der Waals surface area contributed by atoms with Crippen LogP contribution in [0.4, 0.5) is 11.4 Å². The third-order valence-electron chi connectivity index (χ3n) is 5.15. The number of nitrogens with one attached hydrogen (secondary N) is 2. The van der Waals surface area contributed by atoms with Crippen LogP contribution in [-0.4, -0.2) is 26.6 Å². The molecule has 144 valence electrons. The zero-order valence-electron chi connectivity index (χ0n) is 15.7. The van der Waals surface area contributed by atoms with Crippen molar-refractivity contribution in [2.24, 2.45) is 5.92 Å². The van der Waals surface area contributed by atoms with Crippen molar-refractivity contribution in [1.82, 2.24) is 14.8 Å². The third-order valence-corrected chi connectivity index (χ3v) is 5.15. The Labute approximate surface area is 159 Å². The molecule has 1 heterocycles. The fraction of sp³-hybridized carbons (Fsp3) is 0.500. The Hall–Kier alpha value is -2.70. The van der Waals surface area contributed by atoms with E-state index in [1.165, 1.54) is 49.4 Å². The van der Waals surface area contributed by atoms with Crippen LogP contribution in [-0.2, 0) is 9.59 Å². The minimum absolute atomic E-state index is 0.0529. The van der Waals surface area contributed by atoms with Crippen molar-refractivity contribution < 1.29 is 9.59 Å². The number of rotatable bonds is 7. The Bertz CT molecular complexity index is 736. The molecule has 2 N–H and O–H groups in total. The minimum atomic E-state index is -0.452. The second-order valence-corrected chi connectivity index (χ2v) is 7.21. The Balaban J connectivity index is 1.45. The summed E-state index contributed by atoms with van der Waals surface area (Å²) < 4.78 is 1.50. The molecular formula is C20H27N5O2. The van der Waals surface area contributed by atoms with Gasteiger partial charge in [-0.3, -0.25) is 9.59 Å². The molecule has 7 heteroatoms. The van der Waals surface area contributed by atoms with Gasteiger partial charge in [-0.05, 0) is 43.5 Å². The van der Waals surface area contributed by atoms with Gasteiger partial charge in [-0.2, -0.15) is 5.10 Å². The Morgan fingerprint density at radius 2 is 1.78 bits per heavy atom. The summed E-state index contributed by atoms with van der Waals surface area (Å²) in [6, 6.07) is 6.71. The van der Waals surface area contributed by atoms with Gasteiger partial charge in [0, 0.05) is 17.8 Å². The van der Waals surface area contributed by atoms with Crippen LogP contribution in [0.15, 0.2) is 36.9 Å². The Morgan fingerprint density at radius 3 is 2.41 bits per heavy atom. The van der Waals surface area contributed by atoms with E-state index in [9.17, 15) is 9.59 Å². The molecule has 1 aromatic carbocycles. The molecule has 0 unspecified atom stereocenters. The largest absolute Gasteiger partial charge is 0.326 e. The van der Waals surface area contributed by atoms with Crippen LogP contribution < -0.4 is 10.6 Å². The van der Waals surface area contributed by atoms with Crippen LogP contribution in [0.25, 0.3) is 0 Å². The number of amides is 2. The number of carbonyl (C=O) groups is 2. The van der Waals surface area contributed by atoms with Gasteiger partial charge in [0.2, 0.25) is 11.8 Å². The zero-order valence-corrected chi connectivity index (χ0v) is 15.7. The molecule has 1 saturated carbocycles. The third kappa shape index (κ3) is 5.64. The standard InChI is InChI=1S/C20H27N5O2/c1-15(25-14-21-13-22-25)20(27)24-18-10-8-17(9-11-18)23-19(26)12-7-16-5-3-2-4-6-16/h8-11,13-16H,2-7,12H2,1H3,(H,23,26)(H,24,27)/t15-/m1/s1. The van der Waals surface area contributed by atoms with Crippen molar-refractivity contribution in [2.45, 2.75) is 57.9 Å². The number of benzene rings is 1. The quantitative estimate of drug-likeness (QED) is 0.777. The maximum atomic E-state index is 12.2. The van der Waals surface area contributed by atoms with E-state index in [2.05, 4.69) is 20.7 Å². The molecule has 2 aromatic rings. The van der Waals surface area contributed by atoms with Gasteiger partial charge in [0.1, 0.15) is 18.7 Å². The van der Waals surface area contributed by atoms with Gasteiger partial charge in [0.15, 0.2) is 0 Å². The van der Waals surface area contributed by atoms with Crippen LogP contribution in [0.2, 0.25) is 0 Å². The molecule has 0 saturated heterocycles. The summed E-state index contributed by atoms with van der Waals surface area (Å²) in [6.45, 7) is 1.75. The highest BCUT2D eigenvalue weighted by Gasteiger charge is 2.16. The average Bonchev–Trinajstić information content (AvgIpc) is 3.23. The van der Waals surface area contributed by atoms with Crippen molar-refractivity contribution >= 4 is 23.2 Å². The van der Waals surface area contributed by atoms with Gasteiger partial charge < -0.3 is 10.6 Å². The molecule has 2 amide bonds. The minimum Gasteiger partial charge on any atom is -0.326 e. The summed E-state index contributed by atoms with van der Waals surface area (Å²) in [4.78, 5) is 28.2. The van der Waals surface area contributed by atoms with Gasteiger partial charge >= 0.3 is 0 Å². The molecule has 1 fully saturated rings. The lowest BCUT2D eigenvalue weighted by molar-refractivity contribution is -0.119. The van der Waals surface area contributed by atoms with Crippen LogP contribution in [0.1, 0.15) is 57.9 Å². The lowest BCUT2D eigenvalue weighted by atomic mass is 9.86. The number of hydrogen-bond acceptors (Lipinski definition) is 4. The lowest BCUT2D eigenvalue weighted by Crippen LogP contribution is -2.24. The van der Waals surface area contributed by atoms with Gasteiger partial charge in [-0.1, -0.05) is 32.1 Å². The molecule has 1 aliphatic carbocycles. The number of hydrogen-bond donors (Lipinski definition) is 2. The highest BCUT2D eigenvalue weighted by Crippen LogP contribution is 2.27. The van der Waals surface area contributed by atoms with Crippen molar-refractivity contribution in [2.75, 3.05) is 10.6 Å². The van der Waals surface area contributed by atoms with Crippen LogP contribution in [0, 0.1) is 5.92 Å². The smallest absolute Gasteiger partial charge is 0.249 e. The van der Waals surface area contributed by atoms with E-state index >= 15 is 0 Å². The number of carbonyl (C=O) groups excluding carboxylic acids is 2. The normalized spacial score (nSPS) is 15.9. The SMILES string of the molecule is C[C@H](C(=O)Nc1ccc(NC(=O)CCC2CCCCC2)cc1)n1cncn1. The molecule has 0 radical (unpaired) electrons. The Kier molecular flexibility index (Phi) is 6.57. The van der Waals surface area contributed by atoms with Crippen LogP contribution >= 0.6 is 0 Å². The molecule has 0 bridgehead atoms. The first kappa shape index (κ1) is 19.1. The van der Waals surface area contributed by atoms with Crippen molar-refractivity contribution in [3.63, 3.8) is 0 Å². The molecule has 0 aliphatic heterocycles. The molecule has 7 nitrogen and oxygen atoms in total. The fourth-order valence-electron chi connectivity index (χ4n) is 3.46. The first-order valence-corrected chi connectivity index (χ1v) is 9.66. The topological polar surface area (TPSA) is 88.9 Å². The second-order valence-electron chi connectivity index (χ2n) is 7.21. The summed E-state index contributed by atoms with van der Waals surface area (Å²) in [5, 5.41) is 9.75. The maximum Gasteiger partial charge on any atom is 0.249 e. The monoisotopic (exact) mass is 369 g/mol. The first-order chi connectivity index (χ1) is 13.1. The van der Waals surface area contributed by atoms with E-state index < -0.39 is 6.04 Å². The first-order valence-electron chi connectivity index (χ1n) is 9.66. The van der Waals surface area contributed by atoms with E-state index in [0.717, 1.165) is 12.1 Å². The van der Waals surface area contributed by atoms with E-state index in [-0.39, 0.29) is 11.8 Å². The van der Waals surface area contributed by atoms with Gasteiger partial charge in [-0.25, -0.2) is 9.67 Å². The van der Waals surface area contributed by atoms with Crippen molar-refractivity contribution in [3.8, 4) is 0 Å². The van der Waals surface area contributed by atoms with Gasteiger partial charge in [0.05, 0.1) is 0 Å². The average molecular weight is 369 g/mol. The molecule has 3 rings (SSSR count). The molecular weight excluding hydrogens is 342 g/mol. The zero-order chi connectivity index (χ0) is 19.1. The van der Waals surface area contributed by atoms with Crippen molar-refractivity contribution in [3.05, 3.63) is 36.9 Å². The molecule has 0 spiro atoms. The number of anilines is 2.